The van der Waals surface area contributed by atoms with Crippen molar-refractivity contribution >= 4 is 0 Å². The highest BCUT2D eigenvalue weighted by Gasteiger charge is 1.96. The van der Waals surface area contributed by atoms with Crippen LogP contribution in [0.2, 0.25) is 0 Å². The van der Waals surface area contributed by atoms with E-state index in [1.807, 2.05) is 0 Å². The van der Waals surface area contributed by atoms with Crippen LogP contribution in [0.3, 0.4) is 0 Å². The van der Waals surface area contributed by atoms with E-state index in [9.17, 15) is 0 Å². The Labute approximate surface area is 197 Å². The van der Waals surface area contributed by atoms with E-state index in [0.717, 1.165) is 24.4 Å². The van der Waals surface area contributed by atoms with Crippen LogP contribution in [0.1, 0.15) is 169 Å². The van der Waals surface area contributed by atoms with Gasteiger partial charge in [0.25, 0.3) is 0 Å². The average molecular weight is 435 g/mol. The van der Waals surface area contributed by atoms with Crippen molar-refractivity contribution in [1.82, 2.24) is 0 Å². The molecule has 0 aromatic rings. The molecule has 0 saturated heterocycles. The van der Waals surface area contributed by atoms with Gasteiger partial charge >= 0.3 is 0 Å². The minimum Gasteiger partial charge on any atom is -0.467 e. The topological polar surface area (TPSA) is 9.23 Å². The molecule has 184 valence electrons. The van der Waals surface area contributed by atoms with Crippen molar-refractivity contribution < 1.29 is 4.74 Å². The van der Waals surface area contributed by atoms with Crippen LogP contribution in [-0.4, -0.2) is 0 Å². The highest BCUT2D eigenvalue weighted by molar-refractivity contribution is 4.97. The van der Waals surface area contributed by atoms with Crippen LogP contribution in [-0.2, 0) is 4.74 Å². The van der Waals surface area contributed by atoms with Crippen LogP contribution < -0.4 is 0 Å². The number of ether oxygens (including phenoxy) is 1. The lowest BCUT2D eigenvalue weighted by atomic mass is 10.1. The SMILES string of the molecule is CCCCCCCCCCCC/C=C(\C)O/C(C)=C/CCCCCCCCCCCC. The van der Waals surface area contributed by atoms with Crippen LogP contribution in [0.4, 0.5) is 0 Å². The molecule has 0 aromatic heterocycles. The first-order valence-corrected chi connectivity index (χ1v) is 14.2. The summed E-state index contributed by atoms with van der Waals surface area (Å²) < 4.78 is 5.96. The maximum Gasteiger partial charge on any atom is 0.0965 e. The van der Waals surface area contributed by atoms with E-state index in [-0.39, 0.29) is 0 Å². The molecule has 0 aliphatic carbocycles. The van der Waals surface area contributed by atoms with E-state index >= 15 is 0 Å². The molecule has 0 spiro atoms. The van der Waals surface area contributed by atoms with E-state index in [1.54, 1.807) is 0 Å². The number of hydrogen-bond donors (Lipinski definition) is 0. The average Bonchev–Trinajstić information content (AvgIpc) is 2.75. The van der Waals surface area contributed by atoms with E-state index in [4.69, 9.17) is 4.74 Å². The highest BCUT2D eigenvalue weighted by Crippen LogP contribution is 2.15. The molecule has 0 amide bonds. The van der Waals surface area contributed by atoms with E-state index < -0.39 is 0 Å². The standard InChI is InChI=1S/C30H58O/c1-5-7-9-11-13-15-17-19-21-23-25-27-29(3)31-30(4)28-26-24-22-20-18-16-14-12-10-8-6-2/h27-28H,5-26H2,1-4H3/b29-27+,30-28+. The lowest BCUT2D eigenvalue weighted by Gasteiger charge is -2.07. The number of hydrogen-bond acceptors (Lipinski definition) is 1. The zero-order valence-corrected chi connectivity index (χ0v) is 22.1. The summed E-state index contributed by atoms with van der Waals surface area (Å²) in [6, 6.07) is 0. The van der Waals surface area contributed by atoms with Crippen LogP contribution in [0.15, 0.2) is 23.7 Å². The fraction of sp³-hybridized carbons (Fsp3) is 0.867. The molecule has 0 saturated carbocycles. The van der Waals surface area contributed by atoms with Crippen LogP contribution in [0, 0.1) is 0 Å². The molecule has 0 atom stereocenters. The first-order chi connectivity index (χ1) is 15.2. The minimum atomic E-state index is 1.08. The Bertz CT molecular complexity index is 369. The summed E-state index contributed by atoms with van der Waals surface area (Å²) in [5.41, 5.74) is 0. The Balaban J connectivity index is 3.48. The first kappa shape index (κ1) is 30.3. The monoisotopic (exact) mass is 434 g/mol. The van der Waals surface area contributed by atoms with Gasteiger partial charge in [-0.2, -0.15) is 0 Å². The van der Waals surface area contributed by atoms with Gasteiger partial charge in [0.15, 0.2) is 0 Å². The minimum absolute atomic E-state index is 1.08. The molecule has 0 aromatic carbocycles. The van der Waals surface area contributed by atoms with E-state index in [2.05, 4.69) is 39.8 Å². The molecule has 0 N–H and O–H groups in total. The second-order valence-electron chi connectivity index (χ2n) is 9.67. The second kappa shape index (κ2) is 25.5. The van der Waals surface area contributed by atoms with Crippen molar-refractivity contribution in [2.45, 2.75) is 169 Å². The molecule has 31 heavy (non-hydrogen) atoms. The molecule has 0 aliphatic heterocycles. The maximum atomic E-state index is 5.96. The zero-order chi connectivity index (χ0) is 22.8. The molecule has 0 rings (SSSR count). The fourth-order valence-corrected chi connectivity index (χ4v) is 4.21. The lowest BCUT2D eigenvalue weighted by molar-refractivity contribution is 0.305. The Morgan fingerprint density at radius 2 is 0.677 bits per heavy atom. The molecule has 0 heterocycles. The summed E-state index contributed by atoms with van der Waals surface area (Å²) in [5, 5.41) is 0. The predicted octanol–water partition coefficient (Wildman–Crippen LogP) is 11.4. The second-order valence-corrected chi connectivity index (χ2v) is 9.67. The third-order valence-electron chi connectivity index (χ3n) is 6.30. The van der Waals surface area contributed by atoms with E-state index in [0.29, 0.717) is 0 Å². The number of allylic oxidation sites excluding steroid dienone is 4. The molecular weight excluding hydrogens is 376 g/mol. The summed E-state index contributed by atoms with van der Waals surface area (Å²) in [7, 11) is 0. The van der Waals surface area contributed by atoms with Crippen molar-refractivity contribution in [3.63, 3.8) is 0 Å². The van der Waals surface area contributed by atoms with Crippen LogP contribution >= 0.6 is 0 Å². The van der Waals surface area contributed by atoms with Gasteiger partial charge in [-0.1, -0.05) is 129 Å². The van der Waals surface area contributed by atoms with Crippen LogP contribution in [0.5, 0.6) is 0 Å². The summed E-state index contributed by atoms with van der Waals surface area (Å²) in [4.78, 5) is 0. The van der Waals surface area contributed by atoms with Gasteiger partial charge in [0.05, 0.1) is 11.5 Å². The molecule has 1 nitrogen and oxygen atoms in total. The molecule has 0 unspecified atom stereocenters. The normalized spacial score (nSPS) is 12.5. The third kappa shape index (κ3) is 25.4. The van der Waals surface area contributed by atoms with Crippen molar-refractivity contribution in [3.8, 4) is 0 Å². The molecule has 0 fully saturated rings. The van der Waals surface area contributed by atoms with E-state index in [1.165, 1.54) is 128 Å². The Kier molecular flexibility index (Phi) is 24.9. The first-order valence-electron chi connectivity index (χ1n) is 14.2. The molecule has 0 radical (unpaired) electrons. The Morgan fingerprint density at radius 3 is 0.968 bits per heavy atom. The van der Waals surface area contributed by atoms with Gasteiger partial charge in [-0.05, 0) is 51.7 Å². The Morgan fingerprint density at radius 1 is 0.419 bits per heavy atom. The van der Waals surface area contributed by atoms with Gasteiger partial charge in [-0.15, -0.1) is 0 Å². The van der Waals surface area contributed by atoms with Crippen molar-refractivity contribution in [2.75, 3.05) is 0 Å². The third-order valence-corrected chi connectivity index (χ3v) is 6.30. The predicted molar refractivity (Wildman–Crippen MR) is 142 cm³/mol. The lowest BCUT2D eigenvalue weighted by Crippen LogP contribution is -1.87. The summed E-state index contributed by atoms with van der Waals surface area (Å²) in [6.45, 7) is 8.79. The number of unbranched alkanes of at least 4 members (excludes halogenated alkanes) is 20. The zero-order valence-electron chi connectivity index (χ0n) is 22.1. The van der Waals surface area contributed by atoms with Crippen molar-refractivity contribution in [1.29, 1.82) is 0 Å². The van der Waals surface area contributed by atoms with Gasteiger partial charge in [-0.25, -0.2) is 0 Å². The smallest absolute Gasteiger partial charge is 0.0965 e. The summed E-state index contributed by atoms with van der Waals surface area (Å²) >= 11 is 0. The van der Waals surface area contributed by atoms with Gasteiger partial charge < -0.3 is 4.74 Å². The van der Waals surface area contributed by atoms with Gasteiger partial charge in [0.1, 0.15) is 0 Å². The molecular formula is C30H58O. The number of rotatable bonds is 24. The quantitative estimate of drug-likeness (QED) is 0.108. The largest absolute Gasteiger partial charge is 0.467 e. The van der Waals surface area contributed by atoms with Crippen molar-refractivity contribution in [2.24, 2.45) is 0 Å². The Hall–Kier alpha value is -0.720. The molecule has 0 bridgehead atoms. The summed E-state index contributed by atoms with van der Waals surface area (Å²) in [6.07, 6.45) is 34.9. The maximum absolute atomic E-state index is 5.96. The van der Waals surface area contributed by atoms with Gasteiger partial charge in [-0.3, -0.25) is 0 Å². The van der Waals surface area contributed by atoms with Gasteiger partial charge in [0.2, 0.25) is 0 Å². The van der Waals surface area contributed by atoms with Crippen LogP contribution in [0.25, 0.3) is 0 Å². The fourth-order valence-electron chi connectivity index (χ4n) is 4.21. The molecule has 1 heteroatoms. The molecule has 0 aliphatic rings. The highest BCUT2D eigenvalue weighted by atomic mass is 16.5. The summed E-state index contributed by atoms with van der Waals surface area (Å²) in [5.74, 6) is 2.15. The van der Waals surface area contributed by atoms with Gasteiger partial charge in [0, 0.05) is 0 Å². The van der Waals surface area contributed by atoms with Crippen molar-refractivity contribution in [3.05, 3.63) is 23.7 Å².